The van der Waals surface area contributed by atoms with E-state index in [2.05, 4.69) is 20.0 Å². The topological polar surface area (TPSA) is 61.5 Å². The maximum Gasteiger partial charge on any atom is 0.387 e. The van der Waals surface area contributed by atoms with Crippen LogP contribution in [0.25, 0.3) is 0 Å². The fourth-order valence-corrected chi connectivity index (χ4v) is 2.43. The summed E-state index contributed by atoms with van der Waals surface area (Å²) in [6.45, 7) is 0.899. The van der Waals surface area contributed by atoms with E-state index in [-0.39, 0.29) is 11.5 Å². The molecule has 0 amide bonds. The molecule has 0 aliphatic heterocycles. The van der Waals surface area contributed by atoms with Gasteiger partial charge >= 0.3 is 6.61 Å². The molecule has 0 saturated carbocycles. The Hall–Kier alpha value is -2.16. The van der Waals surface area contributed by atoms with E-state index in [1.54, 1.807) is 29.9 Å². The Morgan fingerprint density at radius 2 is 2.13 bits per heavy atom. The van der Waals surface area contributed by atoms with Crippen molar-refractivity contribution in [2.45, 2.75) is 25.6 Å². The van der Waals surface area contributed by atoms with Gasteiger partial charge in [0.05, 0.1) is 13.3 Å². The lowest BCUT2D eigenvalue weighted by Gasteiger charge is -2.10. The standard InChI is InChI=1S/C14H16F2N4O2S/c1-4-23-14-19-18-9(2)20(14)17-8-10-5-6-11(22-13(15)16)12(7-10)21-3/h5-8,13H,4H2,1-3H3. The van der Waals surface area contributed by atoms with Gasteiger partial charge in [-0.15, -0.1) is 10.2 Å². The van der Waals surface area contributed by atoms with Crippen LogP contribution in [0.2, 0.25) is 0 Å². The third kappa shape index (κ3) is 4.41. The normalized spacial score (nSPS) is 11.4. The molecule has 1 heterocycles. The lowest BCUT2D eigenvalue weighted by molar-refractivity contribution is -0.0512. The summed E-state index contributed by atoms with van der Waals surface area (Å²) in [5.74, 6) is 1.68. The van der Waals surface area contributed by atoms with E-state index < -0.39 is 6.61 Å². The molecule has 0 N–H and O–H groups in total. The maximum absolute atomic E-state index is 12.3. The van der Waals surface area contributed by atoms with E-state index in [1.165, 1.54) is 24.9 Å². The largest absolute Gasteiger partial charge is 0.493 e. The first-order chi connectivity index (χ1) is 11.0. The number of halogens is 2. The van der Waals surface area contributed by atoms with Gasteiger partial charge in [-0.25, -0.2) is 0 Å². The van der Waals surface area contributed by atoms with Gasteiger partial charge in [-0.05, 0) is 36.4 Å². The second kappa shape index (κ2) is 7.91. The lowest BCUT2D eigenvalue weighted by Crippen LogP contribution is -2.04. The predicted molar refractivity (Wildman–Crippen MR) is 83.8 cm³/mol. The molecule has 9 heteroatoms. The van der Waals surface area contributed by atoms with Crippen molar-refractivity contribution in [3.8, 4) is 11.5 Å². The highest BCUT2D eigenvalue weighted by atomic mass is 32.2. The summed E-state index contributed by atoms with van der Waals surface area (Å²) in [5, 5.41) is 13.0. The maximum atomic E-state index is 12.3. The van der Waals surface area contributed by atoms with Gasteiger partial charge in [0.1, 0.15) is 0 Å². The van der Waals surface area contributed by atoms with Crippen LogP contribution in [0.15, 0.2) is 28.5 Å². The van der Waals surface area contributed by atoms with Gasteiger partial charge in [-0.1, -0.05) is 18.7 Å². The first-order valence-electron chi connectivity index (χ1n) is 6.77. The average molecular weight is 342 g/mol. The predicted octanol–water partition coefficient (Wildman–Crippen LogP) is 3.19. The third-order valence-corrected chi connectivity index (χ3v) is 3.57. The summed E-state index contributed by atoms with van der Waals surface area (Å²) in [7, 11) is 1.38. The number of aromatic nitrogens is 3. The van der Waals surface area contributed by atoms with Crippen LogP contribution >= 0.6 is 11.8 Å². The zero-order valence-electron chi connectivity index (χ0n) is 12.9. The van der Waals surface area contributed by atoms with Crippen LogP contribution in [0.4, 0.5) is 8.78 Å². The van der Waals surface area contributed by atoms with E-state index >= 15 is 0 Å². The molecule has 2 aromatic rings. The second-order valence-corrected chi connectivity index (χ2v) is 5.54. The summed E-state index contributed by atoms with van der Waals surface area (Å²) in [6.07, 6.45) is 1.57. The van der Waals surface area contributed by atoms with Crippen LogP contribution in [0.5, 0.6) is 11.5 Å². The fourth-order valence-electron chi connectivity index (χ4n) is 1.77. The third-order valence-electron chi connectivity index (χ3n) is 2.77. The van der Waals surface area contributed by atoms with E-state index in [1.807, 2.05) is 6.92 Å². The van der Waals surface area contributed by atoms with Crippen molar-refractivity contribution in [1.29, 1.82) is 0 Å². The Bertz CT molecular complexity index is 691. The Morgan fingerprint density at radius 3 is 2.78 bits per heavy atom. The molecule has 6 nitrogen and oxygen atoms in total. The van der Waals surface area contributed by atoms with Gasteiger partial charge in [0, 0.05) is 0 Å². The fraction of sp³-hybridized carbons (Fsp3) is 0.357. The summed E-state index contributed by atoms with van der Waals surface area (Å²) in [5.41, 5.74) is 0.670. The number of ether oxygens (including phenoxy) is 2. The average Bonchev–Trinajstić information content (AvgIpc) is 2.86. The number of alkyl halides is 2. The molecule has 1 aromatic carbocycles. The monoisotopic (exact) mass is 342 g/mol. The smallest absolute Gasteiger partial charge is 0.387 e. The molecule has 0 saturated heterocycles. The van der Waals surface area contributed by atoms with Crippen molar-refractivity contribution < 1.29 is 18.3 Å². The van der Waals surface area contributed by atoms with E-state index in [9.17, 15) is 8.78 Å². The summed E-state index contributed by atoms with van der Waals surface area (Å²) in [4.78, 5) is 0. The molecule has 1 aromatic heterocycles. The van der Waals surface area contributed by atoms with Crippen LogP contribution in [0.1, 0.15) is 18.3 Å². The molecular formula is C14H16F2N4O2S. The molecule has 0 aliphatic carbocycles. The molecule has 0 aliphatic rings. The molecule has 2 rings (SSSR count). The van der Waals surface area contributed by atoms with Crippen LogP contribution in [0, 0.1) is 6.92 Å². The van der Waals surface area contributed by atoms with Crippen LogP contribution in [0.3, 0.4) is 0 Å². The van der Waals surface area contributed by atoms with Gasteiger partial charge < -0.3 is 9.47 Å². The van der Waals surface area contributed by atoms with Crippen LogP contribution < -0.4 is 9.47 Å². The molecule has 0 spiro atoms. The number of benzene rings is 1. The summed E-state index contributed by atoms with van der Waals surface area (Å²) in [6, 6.07) is 4.58. The Labute approximate surface area is 136 Å². The van der Waals surface area contributed by atoms with E-state index in [0.29, 0.717) is 16.5 Å². The number of aryl methyl sites for hydroxylation is 1. The number of thioether (sulfide) groups is 1. The van der Waals surface area contributed by atoms with Crippen molar-refractivity contribution in [3.63, 3.8) is 0 Å². The highest BCUT2D eigenvalue weighted by Crippen LogP contribution is 2.29. The zero-order chi connectivity index (χ0) is 16.8. The SMILES string of the molecule is CCSc1nnc(C)n1N=Cc1ccc(OC(F)F)c(OC)c1. The number of hydrogen-bond donors (Lipinski definition) is 0. The lowest BCUT2D eigenvalue weighted by atomic mass is 10.2. The molecule has 0 radical (unpaired) electrons. The first-order valence-corrected chi connectivity index (χ1v) is 7.75. The van der Waals surface area contributed by atoms with Crippen molar-refractivity contribution >= 4 is 18.0 Å². The molecule has 0 atom stereocenters. The minimum absolute atomic E-state index is 0.0256. The van der Waals surface area contributed by atoms with Crippen molar-refractivity contribution in [3.05, 3.63) is 29.6 Å². The van der Waals surface area contributed by atoms with E-state index in [4.69, 9.17) is 4.74 Å². The van der Waals surface area contributed by atoms with Gasteiger partial charge in [0.15, 0.2) is 17.3 Å². The van der Waals surface area contributed by atoms with Crippen molar-refractivity contribution in [2.75, 3.05) is 12.9 Å². The van der Waals surface area contributed by atoms with Crippen LogP contribution in [-0.4, -0.2) is 40.6 Å². The highest BCUT2D eigenvalue weighted by Gasteiger charge is 2.11. The van der Waals surface area contributed by atoms with Crippen molar-refractivity contribution in [2.24, 2.45) is 5.10 Å². The Kier molecular flexibility index (Phi) is 5.91. The molecule has 0 bridgehead atoms. The summed E-state index contributed by atoms with van der Waals surface area (Å²) >= 11 is 1.52. The van der Waals surface area contributed by atoms with Gasteiger partial charge in [0.25, 0.3) is 0 Å². The Morgan fingerprint density at radius 1 is 1.35 bits per heavy atom. The number of hydrogen-bond acceptors (Lipinski definition) is 6. The molecule has 23 heavy (non-hydrogen) atoms. The zero-order valence-corrected chi connectivity index (χ0v) is 13.7. The van der Waals surface area contributed by atoms with Gasteiger partial charge in [-0.3, -0.25) is 0 Å². The number of nitrogens with zero attached hydrogens (tertiary/aromatic N) is 4. The first kappa shape index (κ1) is 17.2. The number of methoxy groups -OCH3 is 1. The minimum atomic E-state index is -2.91. The molecule has 0 unspecified atom stereocenters. The van der Waals surface area contributed by atoms with Gasteiger partial charge in [-0.2, -0.15) is 18.6 Å². The Balaban J connectivity index is 2.24. The van der Waals surface area contributed by atoms with E-state index in [0.717, 1.165) is 5.75 Å². The van der Waals surface area contributed by atoms with Crippen molar-refractivity contribution in [1.82, 2.24) is 14.9 Å². The molecule has 124 valence electrons. The minimum Gasteiger partial charge on any atom is -0.493 e. The van der Waals surface area contributed by atoms with Crippen LogP contribution in [-0.2, 0) is 0 Å². The molecular weight excluding hydrogens is 326 g/mol. The summed E-state index contributed by atoms with van der Waals surface area (Å²) < 4.78 is 35.7. The quantitative estimate of drug-likeness (QED) is 0.571. The van der Waals surface area contributed by atoms with Gasteiger partial charge in [0.2, 0.25) is 5.16 Å². The second-order valence-electron chi connectivity index (χ2n) is 4.31. The highest BCUT2D eigenvalue weighted by molar-refractivity contribution is 7.99. The molecule has 0 fully saturated rings. The number of rotatable bonds is 7.